The lowest BCUT2D eigenvalue weighted by atomic mass is 9.88. The van der Waals surface area contributed by atoms with Gasteiger partial charge in [-0.2, -0.15) is 0 Å². The third kappa shape index (κ3) is 4.48. The van der Waals surface area contributed by atoms with Gasteiger partial charge in [0.05, 0.1) is 5.56 Å². The number of rotatable bonds is 7. The standard InChI is InChI=1S/C22H29N3O5/c1-12(2)14-10-15(18(28)11-17(14)27)21-20(19(25-30-21)16(26)8-9-23)24-22(29)13-6-4-3-5-7-13/h10-13,27-28H,3-9,23H2,1-2H3,(H,24,29). The van der Waals surface area contributed by atoms with Gasteiger partial charge in [-0.1, -0.05) is 38.3 Å². The molecule has 1 aromatic heterocycles. The second-order valence-corrected chi connectivity index (χ2v) is 8.10. The van der Waals surface area contributed by atoms with Crippen molar-refractivity contribution in [3.8, 4) is 22.8 Å². The minimum atomic E-state index is -0.353. The molecule has 0 spiro atoms. The molecule has 1 saturated carbocycles. The SMILES string of the molecule is CC(C)c1cc(-c2onc(C(=O)CCN)c2NC(=O)C2CCCCC2)c(O)cc1O. The molecule has 1 aliphatic carbocycles. The Labute approximate surface area is 175 Å². The van der Waals surface area contributed by atoms with Crippen molar-refractivity contribution in [1.29, 1.82) is 0 Å². The Kier molecular flexibility index (Phi) is 6.77. The summed E-state index contributed by atoms with van der Waals surface area (Å²) in [5.74, 6) is -0.905. The summed E-state index contributed by atoms with van der Waals surface area (Å²) in [5.41, 5.74) is 6.48. The summed E-state index contributed by atoms with van der Waals surface area (Å²) in [6.07, 6.45) is 4.73. The van der Waals surface area contributed by atoms with E-state index in [1.54, 1.807) is 6.07 Å². The van der Waals surface area contributed by atoms with Gasteiger partial charge in [0.25, 0.3) is 0 Å². The van der Waals surface area contributed by atoms with E-state index in [4.69, 9.17) is 10.3 Å². The number of amides is 1. The van der Waals surface area contributed by atoms with Crippen LogP contribution in [0.5, 0.6) is 11.5 Å². The van der Waals surface area contributed by atoms with Crippen LogP contribution < -0.4 is 11.1 Å². The summed E-state index contributed by atoms with van der Waals surface area (Å²) < 4.78 is 5.42. The maximum Gasteiger partial charge on any atom is 0.227 e. The Balaban J connectivity index is 2.05. The lowest BCUT2D eigenvalue weighted by Crippen LogP contribution is -2.25. The Morgan fingerprint density at radius 2 is 1.90 bits per heavy atom. The molecule has 0 radical (unpaired) electrons. The maximum absolute atomic E-state index is 12.9. The van der Waals surface area contributed by atoms with Gasteiger partial charge in [-0.05, 0) is 36.9 Å². The number of Topliss-reactive ketones (excluding diaryl/α,β-unsaturated/α-hetero) is 1. The molecule has 1 amide bonds. The van der Waals surface area contributed by atoms with Gasteiger partial charge in [-0.3, -0.25) is 9.59 Å². The number of carbonyl (C=O) groups excluding carboxylic acids is 2. The molecule has 1 heterocycles. The fourth-order valence-electron chi connectivity index (χ4n) is 3.86. The van der Waals surface area contributed by atoms with Crippen molar-refractivity contribution in [3.63, 3.8) is 0 Å². The maximum atomic E-state index is 12.9. The number of aromatic nitrogens is 1. The van der Waals surface area contributed by atoms with E-state index in [0.29, 0.717) is 5.56 Å². The normalized spacial score (nSPS) is 14.8. The van der Waals surface area contributed by atoms with Gasteiger partial charge in [0, 0.05) is 18.4 Å². The Morgan fingerprint density at radius 3 is 2.53 bits per heavy atom. The number of nitrogens with one attached hydrogen (secondary N) is 1. The van der Waals surface area contributed by atoms with Crippen molar-refractivity contribution in [2.45, 2.75) is 58.3 Å². The number of aromatic hydroxyl groups is 2. The summed E-state index contributed by atoms with van der Waals surface area (Å²) in [7, 11) is 0. The number of nitrogens with two attached hydrogens (primary N) is 1. The van der Waals surface area contributed by atoms with Crippen LogP contribution in [0.2, 0.25) is 0 Å². The van der Waals surface area contributed by atoms with Crippen LogP contribution in [0, 0.1) is 5.92 Å². The number of anilines is 1. The fraction of sp³-hybridized carbons (Fsp3) is 0.500. The molecular weight excluding hydrogens is 386 g/mol. The highest BCUT2D eigenvalue weighted by atomic mass is 16.5. The van der Waals surface area contributed by atoms with Crippen molar-refractivity contribution < 1.29 is 24.3 Å². The number of benzene rings is 1. The first-order valence-electron chi connectivity index (χ1n) is 10.4. The van der Waals surface area contributed by atoms with E-state index in [-0.39, 0.29) is 70.7 Å². The van der Waals surface area contributed by atoms with Gasteiger partial charge < -0.3 is 25.8 Å². The molecule has 5 N–H and O–H groups in total. The van der Waals surface area contributed by atoms with E-state index < -0.39 is 0 Å². The molecule has 0 aliphatic heterocycles. The largest absolute Gasteiger partial charge is 0.508 e. The molecule has 1 aromatic carbocycles. The molecule has 0 bridgehead atoms. The summed E-state index contributed by atoms with van der Waals surface area (Å²) in [5, 5.41) is 27.3. The number of hydrogen-bond acceptors (Lipinski definition) is 7. The van der Waals surface area contributed by atoms with Gasteiger partial charge in [0.1, 0.15) is 17.2 Å². The number of hydrogen-bond donors (Lipinski definition) is 4. The number of phenolic OH excluding ortho intramolecular Hbond substituents is 2. The molecule has 8 nitrogen and oxygen atoms in total. The van der Waals surface area contributed by atoms with Crippen LogP contribution >= 0.6 is 0 Å². The Morgan fingerprint density at radius 1 is 1.20 bits per heavy atom. The van der Waals surface area contributed by atoms with Crippen LogP contribution in [-0.4, -0.2) is 33.6 Å². The highest BCUT2D eigenvalue weighted by Gasteiger charge is 2.29. The monoisotopic (exact) mass is 415 g/mol. The summed E-state index contributed by atoms with van der Waals surface area (Å²) in [6, 6.07) is 2.81. The molecule has 0 unspecified atom stereocenters. The van der Waals surface area contributed by atoms with E-state index in [9.17, 15) is 19.8 Å². The first-order chi connectivity index (χ1) is 14.3. The number of carbonyl (C=O) groups is 2. The molecule has 1 fully saturated rings. The van der Waals surface area contributed by atoms with E-state index in [2.05, 4.69) is 10.5 Å². The van der Waals surface area contributed by atoms with Crippen LogP contribution in [0.4, 0.5) is 5.69 Å². The molecular formula is C22H29N3O5. The second-order valence-electron chi connectivity index (χ2n) is 8.10. The van der Waals surface area contributed by atoms with Crippen LogP contribution in [-0.2, 0) is 4.79 Å². The lowest BCUT2D eigenvalue weighted by Gasteiger charge is -2.21. The van der Waals surface area contributed by atoms with Crippen LogP contribution in [0.3, 0.4) is 0 Å². The smallest absolute Gasteiger partial charge is 0.227 e. The average Bonchev–Trinajstić information content (AvgIpc) is 3.12. The van der Waals surface area contributed by atoms with Crippen molar-refractivity contribution in [2.75, 3.05) is 11.9 Å². The van der Waals surface area contributed by atoms with E-state index in [1.165, 1.54) is 6.07 Å². The van der Waals surface area contributed by atoms with Gasteiger partial charge in [-0.25, -0.2) is 0 Å². The molecule has 162 valence electrons. The van der Waals surface area contributed by atoms with Crippen molar-refractivity contribution in [3.05, 3.63) is 23.4 Å². The van der Waals surface area contributed by atoms with Crippen LogP contribution in [0.15, 0.2) is 16.7 Å². The number of ketones is 1. The predicted octanol–water partition coefficient (Wildman–Crippen LogP) is 3.93. The molecule has 1 aliphatic rings. The first-order valence-corrected chi connectivity index (χ1v) is 10.4. The van der Waals surface area contributed by atoms with E-state index in [1.807, 2.05) is 13.8 Å². The first kappa shape index (κ1) is 21.8. The molecule has 0 atom stereocenters. The minimum absolute atomic E-state index is 0.0156. The third-order valence-electron chi connectivity index (χ3n) is 5.56. The average molecular weight is 415 g/mol. The van der Waals surface area contributed by atoms with Gasteiger partial charge >= 0.3 is 0 Å². The van der Waals surface area contributed by atoms with Crippen molar-refractivity contribution in [2.24, 2.45) is 11.7 Å². The fourth-order valence-corrected chi connectivity index (χ4v) is 3.86. The highest BCUT2D eigenvalue weighted by Crippen LogP contribution is 2.42. The van der Waals surface area contributed by atoms with Crippen molar-refractivity contribution >= 4 is 17.4 Å². The van der Waals surface area contributed by atoms with Crippen LogP contribution in [0.25, 0.3) is 11.3 Å². The van der Waals surface area contributed by atoms with Crippen LogP contribution in [0.1, 0.15) is 74.3 Å². The van der Waals surface area contributed by atoms with Gasteiger partial charge in [-0.15, -0.1) is 0 Å². The van der Waals surface area contributed by atoms with E-state index >= 15 is 0 Å². The number of phenols is 2. The summed E-state index contributed by atoms with van der Waals surface area (Å²) in [4.78, 5) is 25.4. The quantitative estimate of drug-likeness (QED) is 0.503. The summed E-state index contributed by atoms with van der Waals surface area (Å²) in [6.45, 7) is 3.94. The second kappa shape index (κ2) is 9.30. The zero-order chi connectivity index (χ0) is 21.8. The lowest BCUT2D eigenvalue weighted by molar-refractivity contribution is -0.120. The Hall–Kier alpha value is -2.87. The van der Waals surface area contributed by atoms with Gasteiger partial charge in [0.2, 0.25) is 5.91 Å². The predicted molar refractivity (Wildman–Crippen MR) is 113 cm³/mol. The minimum Gasteiger partial charge on any atom is -0.508 e. The topological polar surface area (TPSA) is 139 Å². The zero-order valence-electron chi connectivity index (χ0n) is 17.4. The molecule has 8 heteroatoms. The Bertz CT molecular complexity index is 929. The molecule has 2 aromatic rings. The molecule has 0 saturated heterocycles. The zero-order valence-corrected chi connectivity index (χ0v) is 17.4. The van der Waals surface area contributed by atoms with Crippen molar-refractivity contribution in [1.82, 2.24) is 5.16 Å². The highest BCUT2D eigenvalue weighted by molar-refractivity contribution is 6.07. The van der Waals surface area contributed by atoms with E-state index in [0.717, 1.165) is 32.1 Å². The molecule has 30 heavy (non-hydrogen) atoms. The molecule has 3 rings (SSSR count). The van der Waals surface area contributed by atoms with Gasteiger partial charge in [0.15, 0.2) is 17.2 Å². The summed E-state index contributed by atoms with van der Waals surface area (Å²) >= 11 is 0. The third-order valence-corrected chi connectivity index (χ3v) is 5.56. The number of nitrogens with zero attached hydrogens (tertiary/aromatic N) is 1.